The van der Waals surface area contributed by atoms with E-state index in [1.807, 2.05) is 13.8 Å². The number of nitrogens with one attached hydrogen (secondary N) is 1. The molecule has 0 bridgehead atoms. The fourth-order valence-corrected chi connectivity index (χ4v) is 1.92. The predicted octanol–water partition coefficient (Wildman–Crippen LogP) is 3.25. The number of carbonyl (C=O) groups excluding carboxylic acids is 1. The largest absolute Gasteiger partial charge is 0.322 e. The summed E-state index contributed by atoms with van der Waals surface area (Å²) in [4.78, 5) is 20.3. The number of carbonyl (C=O) groups is 1. The van der Waals surface area contributed by atoms with E-state index in [1.165, 1.54) is 0 Å². The van der Waals surface area contributed by atoms with Crippen molar-refractivity contribution in [3.8, 4) is 0 Å². The molecular weight excluding hydrogens is 262 g/mol. The zero-order valence-corrected chi connectivity index (χ0v) is 11.5. The zero-order valence-electron chi connectivity index (χ0n) is 10.8. The number of halogens is 1. The van der Waals surface area contributed by atoms with Crippen molar-refractivity contribution >= 4 is 23.2 Å². The SMILES string of the molecule is CCc1cc(C(=O)Nc2ccnc(C)c2)cc(Cl)n1. The van der Waals surface area contributed by atoms with Gasteiger partial charge in [0, 0.05) is 28.8 Å². The van der Waals surface area contributed by atoms with E-state index in [9.17, 15) is 4.79 Å². The van der Waals surface area contributed by atoms with Crippen LogP contribution in [0.4, 0.5) is 5.69 Å². The van der Waals surface area contributed by atoms with Crippen LogP contribution in [-0.2, 0) is 6.42 Å². The first-order chi connectivity index (χ1) is 9.08. The van der Waals surface area contributed by atoms with Gasteiger partial charge in [0.1, 0.15) is 5.15 Å². The number of aryl methyl sites for hydroxylation is 2. The zero-order chi connectivity index (χ0) is 13.8. The molecule has 1 amide bonds. The second-order valence-corrected chi connectivity index (χ2v) is 4.55. The quantitative estimate of drug-likeness (QED) is 0.875. The summed E-state index contributed by atoms with van der Waals surface area (Å²) in [5.74, 6) is -0.204. The molecule has 1 N–H and O–H groups in total. The number of amides is 1. The molecule has 0 radical (unpaired) electrons. The van der Waals surface area contributed by atoms with Gasteiger partial charge in [-0.15, -0.1) is 0 Å². The lowest BCUT2D eigenvalue weighted by Gasteiger charge is -2.07. The third-order valence-electron chi connectivity index (χ3n) is 2.63. The van der Waals surface area contributed by atoms with E-state index in [0.29, 0.717) is 16.4 Å². The number of nitrogens with zero attached hydrogens (tertiary/aromatic N) is 2. The molecule has 2 aromatic heterocycles. The third-order valence-corrected chi connectivity index (χ3v) is 2.82. The molecule has 98 valence electrons. The van der Waals surface area contributed by atoms with Gasteiger partial charge in [0.15, 0.2) is 0 Å². The summed E-state index contributed by atoms with van der Waals surface area (Å²) < 4.78 is 0. The number of aromatic nitrogens is 2. The van der Waals surface area contributed by atoms with Gasteiger partial charge in [-0.3, -0.25) is 9.78 Å². The fraction of sp³-hybridized carbons (Fsp3) is 0.214. The van der Waals surface area contributed by atoms with Crippen molar-refractivity contribution in [2.75, 3.05) is 5.32 Å². The van der Waals surface area contributed by atoms with Gasteiger partial charge in [-0.1, -0.05) is 18.5 Å². The van der Waals surface area contributed by atoms with Crippen LogP contribution in [0.1, 0.15) is 28.7 Å². The average Bonchev–Trinajstić information content (AvgIpc) is 2.38. The molecule has 0 aliphatic heterocycles. The van der Waals surface area contributed by atoms with Crippen LogP contribution < -0.4 is 5.32 Å². The van der Waals surface area contributed by atoms with Gasteiger partial charge < -0.3 is 5.32 Å². The van der Waals surface area contributed by atoms with E-state index in [4.69, 9.17) is 11.6 Å². The maximum atomic E-state index is 12.1. The highest BCUT2D eigenvalue weighted by Crippen LogP contribution is 2.14. The minimum absolute atomic E-state index is 0.204. The molecule has 2 aromatic rings. The Morgan fingerprint density at radius 1 is 1.37 bits per heavy atom. The van der Waals surface area contributed by atoms with Crippen molar-refractivity contribution in [1.82, 2.24) is 9.97 Å². The van der Waals surface area contributed by atoms with Crippen LogP contribution in [0.2, 0.25) is 5.15 Å². The topological polar surface area (TPSA) is 54.9 Å². The van der Waals surface area contributed by atoms with Gasteiger partial charge in [0.25, 0.3) is 5.91 Å². The molecule has 0 atom stereocenters. The summed E-state index contributed by atoms with van der Waals surface area (Å²) in [6.45, 7) is 3.83. The van der Waals surface area contributed by atoms with Gasteiger partial charge in [0.05, 0.1) is 0 Å². The molecule has 0 aliphatic carbocycles. The van der Waals surface area contributed by atoms with Crippen LogP contribution in [0.3, 0.4) is 0 Å². The molecule has 0 aliphatic rings. The van der Waals surface area contributed by atoms with Crippen LogP contribution in [0.15, 0.2) is 30.5 Å². The predicted molar refractivity (Wildman–Crippen MR) is 75.6 cm³/mol. The monoisotopic (exact) mass is 275 g/mol. The Morgan fingerprint density at radius 2 is 2.16 bits per heavy atom. The molecular formula is C14H14ClN3O. The maximum Gasteiger partial charge on any atom is 0.255 e. The van der Waals surface area contributed by atoms with Gasteiger partial charge in [0.2, 0.25) is 0 Å². The Bertz CT molecular complexity index is 613. The van der Waals surface area contributed by atoms with Crippen LogP contribution in [0, 0.1) is 6.92 Å². The number of hydrogen-bond donors (Lipinski definition) is 1. The molecule has 19 heavy (non-hydrogen) atoms. The van der Waals surface area contributed by atoms with Crippen LogP contribution in [0.5, 0.6) is 0 Å². The molecule has 2 heterocycles. The number of hydrogen-bond acceptors (Lipinski definition) is 3. The summed E-state index contributed by atoms with van der Waals surface area (Å²) in [6.07, 6.45) is 2.39. The van der Waals surface area contributed by atoms with E-state index in [-0.39, 0.29) is 5.91 Å². The summed E-state index contributed by atoms with van der Waals surface area (Å²) in [5, 5.41) is 3.14. The lowest BCUT2D eigenvalue weighted by molar-refractivity contribution is 0.102. The summed E-state index contributed by atoms with van der Waals surface area (Å²) >= 11 is 5.90. The summed E-state index contributed by atoms with van der Waals surface area (Å²) in [7, 11) is 0. The first-order valence-corrected chi connectivity index (χ1v) is 6.36. The summed E-state index contributed by atoms with van der Waals surface area (Å²) in [5.41, 5.74) is 2.86. The van der Waals surface area contributed by atoms with Crippen molar-refractivity contribution in [3.05, 3.63) is 52.6 Å². The van der Waals surface area contributed by atoms with E-state index < -0.39 is 0 Å². The Balaban J connectivity index is 2.22. The van der Waals surface area contributed by atoms with E-state index in [1.54, 1.807) is 30.5 Å². The second-order valence-electron chi connectivity index (χ2n) is 4.16. The molecule has 0 aromatic carbocycles. The lowest BCUT2D eigenvalue weighted by atomic mass is 10.2. The van der Waals surface area contributed by atoms with Crippen LogP contribution in [-0.4, -0.2) is 15.9 Å². The molecule has 5 heteroatoms. The lowest BCUT2D eigenvalue weighted by Crippen LogP contribution is -2.13. The summed E-state index contributed by atoms with van der Waals surface area (Å²) in [6, 6.07) is 6.86. The van der Waals surface area contributed by atoms with Gasteiger partial charge >= 0.3 is 0 Å². The molecule has 0 spiro atoms. The molecule has 2 rings (SSSR count). The first-order valence-electron chi connectivity index (χ1n) is 5.99. The Labute approximate surface area is 116 Å². The molecule has 0 fully saturated rings. The first kappa shape index (κ1) is 13.5. The highest BCUT2D eigenvalue weighted by molar-refractivity contribution is 6.29. The highest BCUT2D eigenvalue weighted by atomic mass is 35.5. The highest BCUT2D eigenvalue weighted by Gasteiger charge is 2.09. The number of rotatable bonds is 3. The molecule has 0 saturated carbocycles. The van der Waals surface area contributed by atoms with Crippen LogP contribution >= 0.6 is 11.6 Å². The van der Waals surface area contributed by atoms with Crippen molar-refractivity contribution < 1.29 is 4.79 Å². The minimum Gasteiger partial charge on any atom is -0.322 e. The van der Waals surface area contributed by atoms with Gasteiger partial charge in [-0.2, -0.15) is 0 Å². The van der Waals surface area contributed by atoms with E-state index in [0.717, 1.165) is 17.8 Å². The number of anilines is 1. The van der Waals surface area contributed by atoms with E-state index >= 15 is 0 Å². The van der Waals surface area contributed by atoms with Crippen molar-refractivity contribution in [1.29, 1.82) is 0 Å². The minimum atomic E-state index is -0.204. The van der Waals surface area contributed by atoms with Crippen LogP contribution in [0.25, 0.3) is 0 Å². The Morgan fingerprint density at radius 3 is 2.84 bits per heavy atom. The van der Waals surface area contributed by atoms with Gasteiger partial charge in [-0.25, -0.2) is 4.98 Å². The second kappa shape index (κ2) is 5.80. The van der Waals surface area contributed by atoms with Crippen molar-refractivity contribution in [3.63, 3.8) is 0 Å². The Kier molecular flexibility index (Phi) is 4.12. The fourth-order valence-electron chi connectivity index (χ4n) is 1.69. The molecule has 0 saturated heterocycles. The average molecular weight is 276 g/mol. The molecule has 0 unspecified atom stereocenters. The molecule has 4 nitrogen and oxygen atoms in total. The normalized spacial score (nSPS) is 10.3. The van der Waals surface area contributed by atoms with Gasteiger partial charge in [-0.05, 0) is 37.6 Å². The standard InChI is InChI=1S/C14H14ClN3O/c1-3-11-7-10(8-13(15)17-11)14(19)18-12-4-5-16-9(2)6-12/h4-8H,3H2,1-2H3,(H,16,18,19). The van der Waals surface area contributed by atoms with Crippen molar-refractivity contribution in [2.45, 2.75) is 20.3 Å². The Hall–Kier alpha value is -1.94. The smallest absolute Gasteiger partial charge is 0.255 e. The van der Waals surface area contributed by atoms with E-state index in [2.05, 4.69) is 15.3 Å². The maximum absolute atomic E-state index is 12.1. The number of pyridine rings is 2. The van der Waals surface area contributed by atoms with Crippen molar-refractivity contribution in [2.24, 2.45) is 0 Å². The third kappa shape index (κ3) is 3.51.